The van der Waals surface area contributed by atoms with Gasteiger partial charge in [-0.3, -0.25) is 4.90 Å². The molecule has 122 valence electrons. The molecule has 1 aromatic heterocycles. The smallest absolute Gasteiger partial charge is 0.322 e. The van der Waals surface area contributed by atoms with Gasteiger partial charge in [0.25, 0.3) is 0 Å². The molecular formula is C18H18N4O2. The molecule has 2 N–H and O–H groups in total. The van der Waals surface area contributed by atoms with Crippen molar-refractivity contribution in [2.45, 2.75) is 13.0 Å². The minimum absolute atomic E-state index is 0.0513. The van der Waals surface area contributed by atoms with Crippen LogP contribution < -0.4 is 15.0 Å². The fraction of sp³-hybridized carbons (Fsp3) is 0.222. The zero-order valence-corrected chi connectivity index (χ0v) is 13.3. The predicted molar refractivity (Wildman–Crippen MR) is 92.3 cm³/mol. The van der Waals surface area contributed by atoms with Crippen LogP contribution in [-0.4, -0.2) is 29.2 Å². The molecule has 24 heavy (non-hydrogen) atoms. The van der Waals surface area contributed by atoms with Gasteiger partial charge in [-0.15, -0.1) is 0 Å². The maximum atomic E-state index is 12.4. The van der Waals surface area contributed by atoms with E-state index in [0.717, 1.165) is 28.0 Å². The summed E-state index contributed by atoms with van der Waals surface area (Å²) in [5.41, 5.74) is 3.70. The summed E-state index contributed by atoms with van der Waals surface area (Å²) in [6.07, 6.45) is 1.66. The van der Waals surface area contributed by atoms with Crippen molar-refractivity contribution in [1.29, 1.82) is 0 Å². The molecule has 1 atom stereocenters. The minimum atomic E-state index is -0.0937. The van der Waals surface area contributed by atoms with Gasteiger partial charge in [0.2, 0.25) is 0 Å². The van der Waals surface area contributed by atoms with Crippen LogP contribution in [0.25, 0.3) is 11.0 Å². The van der Waals surface area contributed by atoms with Crippen molar-refractivity contribution in [3.05, 3.63) is 54.4 Å². The van der Waals surface area contributed by atoms with E-state index >= 15 is 0 Å². The molecule has 1 fully saturated rings. The third kappa shape index (κ3) is 2.46. The number of carbonyl (C=O) groups is 1. The van der Waals surface area contributed by atoms with Crippen LogP contribution in [0.15, 0.2) is 48.8 Å². The second-order valence-electron chi connectivity index (χ2n) is 5.68. The van der Waals surface area contributed by atoms with Crippen LogP contribution in [0.1, 0.15) is 18.5 Å². The Morgan fingerprint density at radius 3 is 2.88 bits per heavy atom. The lowest BCUT2D eigenvalue weighted by atomic mass is 10.1. The van der Waals surface area contributed by atoms with Gasteiger partial charge in [0.15, 0.2) is 0 Å². The summed E-state index contributed by atoms with van der Waals surface area (Å²) in [5.74, 6) is 0.836. The molecule has 6 nitrogen and oxygen atoms in total. The summed E-state index contributed by atoms with van der Waals surface area (Å²) in [7, 11) is 0. The Kier molecular flexibility index (Phi) is 3.57. The number of aromatic nitrogens is 2. The van der Waals surface area contributed by atoms with Crippen molar-refractivity contribution >= 4 is 22.8 Å². The highest BCUT2D eigenvalue weighted by molar-refractivity contribution is 5.97. The molecule has 2 heterocycles. The molecule has 0 aliphatic carbocycles. The molecular weight excluding hydrogens is 304 g/mol. The molecule has 0 spiro atoms. The van der Waals surface area contributed by atoms with E-state index < -0.39 is 0 Å². The van der Waals surface area contributed by atoms with Gasteiger partial charge in [-0.25, -0.2) is 9.78 Å². The summed E-state index contributed by atoms with van der Waals surface area (Å²) in [6.45, 7) is 3.17. The van der Waals surface area contributed by atoms with Crippen LogP contribution in [0, 0.1) is 0 Å². The lowest BCUT2D eigenvalue weighted by Crippen LogP contribution is -2.29. The Morgan fingerprint density at radius 2 is 2.08 bits per heavy atom. The van der Waals surface area contributed by atoms with Gasteiger partial charge >= 0.3 is 6.03 Å². The van der Waals surface area contributed by atoms with E-state index in [9.17, 15) is 4.79 Å². The first-order chi connectivity index (χ1) is 11.8. The number of nitrogens with one attached hydrogen (secondary N) is 2. The van der Waals surface area contributed by atoms with Crippen LogP contribution in [0.2, 0.25) is 0 Å². The van der Waals surface area contributed by atoms with Crippen molar-refractivity contribution in [2.75, 3.05) is 18.1 Å². The summed E-state index contributed by atoms with van der Waals surface area (Å²) in [4.78, 5) is 21.5. The average Bonchev–Trinajstić information content (AvgIpc) is 3.21. The Labute approximate surface area is 139 Å². The van der Waals surface area contributed by atoms with Gasteiger partial charge < -0.3 is 15.0 Å². The minimum Gasteiger partial charge on any atom is -0.494 e. The average molecular weight is 322 g/mol. The summed E-state index contributed by atoms with van der Waals surface area (Å²) >= 11 is 0. The van der Waals surface area contributed by atoms with Crippen molar-refractivity contribution < 1.29 is 9.53 Å². The number of carbonyl (C=O) groups excluding carboxylic acids is 1. The number of imidazole rings is 1. The number of urea groups is 1. The fourth-order valence-electron chi connectivity index (χ4n) is 3.09. The fourth-order valence-corrected chi connectivity index (χ4v) is 3.09. The molecule has 1 unspecified atom stereocenters. The second kappa shape index (κ2) is 5.88. The maximum absolute atomic E-state index is 12.4. The van der Waals surface area contributed by atoms with Crippen LogP contribution in [-0.2, 0) is 0 Å². The molecule has 2 amide bonds. The van der Waals surface area contributed by atoms with Crippen LogP contribution in [0.3, 0.4) is 0 Å². The molecule has 0 radical (unpaired) electrons. The van der Waals surface area contributed by atoms with Crippen LogP contribution in [0.5, 0.6) is 5.75 Å². The molecule has 1 aliphatic heterocycles. The molecule has 4 rings (SSSR count). The molecule has 2 aromatic carbocycles. The van der Waals surface area contributed by atoms with Crippen LogP contribution >= 0.6 is 0 Å². The topological polar surface area (TPSA) is 70.2 Å². The van der Waals surface area contributed by atoms with Gasteiger partial charge in [-0.05, 0) is 42.8 Å². The van der Waals surface area contributed by atoms with E-state index in [4.69, 9.17) is 4.74 Å². The number of amides is 2. The van der Waals surface area contributed by atoms with Gasteiger partial charge in [0.05, 0.1) is 30.0 Å². The number of aromatic amines is 1. The van der Waals surface area contributed by atoms with Gasteiger partial charge in [-0.2, -0.15) is 0 Å². The first-order valence-corrected chi connectivity index (χ1v) is 7.99. The van der Waals surface area contributed by atoms with E-state index in [1.807, 2.05) is 49.4 Å². The number of fused-ring (bicyclic) bond motifs is 1. The first-order valence-electron chi connectivity index (χ1n) is 7.99. The van der Waals surface area contributed by atoms with Gasteiger partial charge in [0.1, 0.15) is 5.75 Å². The third-order valence-corrected chi connectivity index (χ3v) is 4.24. The number of anilines is 1. The highest BCUT2D eigenvalue weighted by Gasteiger charge is 2.33. The van der Waals surface area contributed by atoms with Crippen LogP contribution in [0.4, 0.5) is 10.5 Å². The SMILES string of the molecule is CCOc1ccc(C2CNC(=O)N2c2ccc3[nH]cnc3c2)cc1. The Hall–Kier alpha value is -3.02. The largest absolute Gasteiger partial charge is 0.494 e. The van der Waals surface area contributed by atoms with E-state index in [-0.39, 0.29) is 12.1 Å². The van der Waals surface area contributed by atoms with Gasteiger partial charge in [0, 0.05) is 12.2 Å². The summed E-state index contributed by atoms with van der Waals surface area (Å²) in [6, 6.07) is 13.6. The molecule has 0 bridgehead atoms. The monoisotopic (exact) mass is 322 g/mol. The van der Waals surface area contributed by atoms with Gasteiger partial charge in [-0.1, -0.05) is 12.1 Å². The highest BCUT2D eigenvalue weighted by atomic mass is 16.5. The number of hydrogen-bond acceptors (Lipinski definition) is 3. The highest BCUT2D eigenvalue weighted by Crippen LogP contribution is 2.32. The number of ether oxygens (including phenoxy) is 1. The quantitative estimate of drug-likeness (QED) is 0.775. The lowest BCUT2D eigenvalue weighted by Gasteiger charge is -2.23. The van der Waals surface area contributed by atoms with Crippen molar-refractivity contribution in [2.24, 2.45) is 0 Å². The Morgan fingerprint density at radius 1 is 1.25 bits per heavy atom. The number of H-pyrrole nitrogens is 1. The van der Waals surface area contributed by atoms with Crippen molar-refractivity contribution in [1.82, 2.24) is 15.3 Å². The lowest BCUT2D eigenvalue weighted by molar-refractivity contribution is 0.251. The zero-order valence-electron chi connectivity index (χ0n) is 13.3. The number of hydrogen-bond donors (Lipinski definition) is 2. The second-order valence-corrected chi connectivity index (χ2v) is 5.68. The standard InChI is InChI=1S/C18H18N4O2/c1-2-24-14-6-3-12(4-7-14)17-10-19-18(23)22(17)13-5-8-15-16(9-13)21-11-20-15/h3-9,11,17H,2,10H2,1H3,(H,19,23)(H,20,21). The molecule has 0 saturated carbocycles. The summed E-state index contributed by atoms with van der Waals surface area (Å²) in [5, 5.41) is 2.93. The number of rotatable bonds is 4. The van der Waals surface area contributed by atoms with E-state index in [1.54, 1.807) is 11.2 Å². The Balaban J connectivity index is 1.68. The maximum Gasteiger partial charge on any atom is 0.322 e. The summed E-state index contributed by atoms with van der Waals surface area (Å²) < 4.78 is 5.49. The first kappa shape index (κ1) is 14.6. The number of nitrogens with zero attached hydrogens (tertiary/aromatic N) is 2. The van der Waals surface area contributed by atoms with E-state index in [2.05, 4.69) is 15.3 Å². The zero-order chi connectivity index (χ0) is 16.5. The molecule has 1 saturated heterocycles. The van der Waals surface area contributed by atoms with E-state index in [0.29, 0.717) is 13.2 Å². The third-order valence-electron chi connectivity index (χ3n) is 4.24. The molecule has 6 heteroatoms. The van der Waals surface area contributed by atoms with Crippen molar-refractivity contribution in [3.63, 3.8) is 0 Å². The molecule has 1 aliphatic rings. The van der Waals surface area contributed by atoms with Crippen molar-refractivity contribution in [3.8, 4) is 5.75 Å². The molecule has 3 aromatic rings. The predicted octanol–water partition coefficient (Wildman–Crippen LogP) is 3.23. The normalized spacial score (nSPS) is 17.3. The number of benzene rings is 2. The Bertz CT molecular complexity index is 872. The van der Waals surface area contributed by atoms with E-state index in [1.165, 1.54) is 0 Å².